The van der Waals surface area contributed by atoms with Gasteiger partial charge in [-0.2, -0.15) is 0 Å². The molecule has 1 fully saturated rings. The molecule has 0 saturated carbocycles. The molecule has 0 bridgehead atoms. The highest BCUT2D eigenvalue weighted by Gasteiger charge is 2.47. The predicted octanol–water partition coefficient (Wildman–Crippen LogP) is -0.124. The summed E-state index contributed by atoms with van der Waals surface area (Å²) in [7, 11) is 0. The largest absolute Gasteiger partial charge is 0.487 e. The first-order valence-corrected chi connectivity index (χ1v) is 13.5. The van der Waals surface area contributed by atoms with E-state index in [0.29, 0.717) is 48.3 Å². The Bertz CT molecular complexity index is 1100. The first-order chi connectivity index (χ1) is 19.1. The summed E-state index contributed by atoms with van der Waals surface area (Å²) in [5.41, 5.74) is 1.36. The molecule has 6 N–H and O–H groups in total. The van der Waals surface area contributed by atoms with Crippen LogP contribution in [0, 0.1) is 11.6 Å². The van der Waals surface area contributed by atoms with E-state index >= 15 is 0 Å². The number of aryl methyl sites for hydroxylation is 2. The van der Waals surface area contributed by atoms with E-state index in [0.717, 1.165) is 0 Å². The van der Waals surface area contributed by atoms with Crippen LogP contribution in [0.3, 0.4) is 0 Å². The minimum absolute atomic E-state index is 0.185. The fraction of sp³-hybridized carbons (Fsp3) is 0.571. The maximum Gasteiger partial charge on any atom is 0.140 e. The van der Waals surface area contributed by atoms with Gasteiger partial charge in [-0.3, -0.25) is 4.90 Å². The third-order valence-electron chi connectivity index (χ3n) is 7.93. The Morgan fingerprint density at radius 2 is 1.27 bits per heavy atom. The third-order valence-corrected chi connectivity index (χ3v) is 7.93. The van der Waals surface area contributed by atoms with Crippen LogP contribution in [0.2, 0.25) is 0 Å². The lowest BCUT2D eigenvalue weighted by Gasteiger charge is -2.46. The highest BCUT2D eigenvalue weighted by Crippen LogP contribution is 2.32. The van der Waals surface area contributed by atoms with Crippen LogP contribution in [0.1, 0.15) is 24.0 Å². The van der Waals surface area contributed by atoms with E-state index in [1.165, 1.54) is 41.3 Å². The molecule has 0 aromatic heterocycles. The van der Waals surface area contributed by atoms with Crippen LogP contribution in [0.25, 0.3) is 0 Å². The van der Waals surface area contributed by atoms with Crippen molar-refractivity contribution in [1.29, 1.82) is 0 Å². The van der Waals surface area contributed by atoms with E-state index < -0.39 is 61.7 Å². The van der Waals surface area contributed by atoms with Crippen LogP contribution in [0.15, 0.2) is 36.4 Å². The highest BCUT2D eigenvalue weighted by atomic mass is 19.1. The van der Waals surface area contributed by atoms with E-state index in [9.17, 15) is 39.4 Å². The molecule has 10 nitrogen and oxygen atoms in total. The summed E-state index contributed by atoms with van der Waals surface area (Å²) in [5, 5.41) is 63.5. The van der Waals surface area contributed by atoms with E-state index in [1.54, 1.807) is 0 Å². The Labute approximate surface area is 230 Å². The Hall–Kier alpha value is -2.42. The van der Waals surface area contributed by atoms with Crippen molar-refractivity contribution in [1.82, 2.24) is 4.90 Å². The number of rotatable bonds is 8. The molecule has 0 aliphatic carbocycles. The number of hydrogen-bond donors (Lipinski definition) is 6. The van der Waals surface area contributed by atoms with Gasteiger partial charge in [0.05, 0.1) is 6.61 Å². The number of halogens is 2. The second kappa shape index (κ2) is 12.2. The maximum absolute atomic E-state index is 13.6. The van der Waals surface area contributed by atoms with Gasteiger partial charge in [0.1, 0.15) is 78.2 Å². The number of nitrogens with zero attached hydrogens (tertiary/aromatic N) is 1. The van der Waals surface area contributed by atoms with Crippen LogP contribution in [-0.2, 0) is 17.6 Å². The van der Waals surface area contributed by atoms with Crippen molar-refractivity contribution in [2.75, 3.05) is 19.7 Å². The number of hydrogen-bond acceptors (Lipinski definition) is 10. The lowest BCUT2D eigenvalue weighted by molar-refractivity contribution is -0.271. The first-order valence-electron chi connectivity index (χ1n) is 13.5. The average molecular weight is 568 g/mol. The van der Waals surface area contributed by atoms with Crippen molar-refractivity contribution in [3.05, 3.63) is 59.2 Å². The van der Waals surface area contributed by atoms with E-state index in [2.05, 4.69) is 0 Å². The second-order valence-corrected chi connectivity index (χ2v) is 10.7. The Morgan fingerprint density at radius 3 is 1.75 bits per heavy atom. The molecular formula is C28H35F2NO9. The molecule has 1 unspecified atom stereocenters. The molecule has 12 heteroatoms. The molecule has 220 valence electrons. The zero-order chi connectivity index (χ0) is 28.6. The number of aliphatic hydroxyl groups excluding tert-OH is 6. The Kier molecular flexibility index (Phi) is 8.88. The molecule has 1 saturated heterocycles. The molecule has 3 aliphatic heterocycles. The van der Waals surface area contributed by atoms with Gasteiger partial charge in [0.25, 0.3) is 0 Å². The van der Waals surface area contributed by atoms with Gasteiger partial charge in [-0.25, -0.2) is 8.78 Å². The third kappa shape index (κ3) is 6.09. The van der Waals surface area contributed by atoms with Gasteiger partial charge in [-0.1, -0.05) is 0 Å². The minimum Gasteiger partial charge on any atom is -0.487 e. The van der Waals surface area contributed by atoms with Crippen molar-refractivity contribution >= 4 is 0 Å². The summed E-state index contributed by atoms with van der Waals surface area (Å²) in [4.78, 5) is 1.42. The zero-order valence-electron chi connectivity index (χ0n) is 21.7. The lowest BCUT2D eigenvalue weighted by atomic mass is 9.95. The summed E-state index contributed by atoms with van der Waals surface area (Å²) in [5.74, 6) is 0.118. The number of ether oxygens (including phenoxy) is 3. The molecule has 3 aliphatic rings. The average Bonchev–Trinajstić information content (AvgIpc) is 2.95. The van der Waals surface area contributed by atoms with Crippen LogP contribution in [-0.4, -0.2) is 110 Å². The standard InChI is InChI=1S/C28H35F2NO9/c29-16-3-7-20-14(9-16)1-5-22(38-20)18(33)11-31(28-27(37)26(36)25(35)24(13-32)40-28)12-19(34)23-6-2-15-10-17(30)4-8-21(15)39-23/h3-4,7-10,18-19,22-28,32-37H,1-2,5-6,11-13H2/t18-,19-,22-,23+,24-,25-,26+,27-,28?/m1/s1. The van der Waals surface area contributed by atoms with Crippen molar-refractivity contribution in [3.63, 3.8) is 0 Å². The zero-order valence-corrected chi connectivity index (χ0v) is 21.7. The molecule has 0 spiro atoms. The number of benzene rings is 2. The summed E-state index contributed by atoms with van der Waals surface area (Å²) in [6, 6.07) is 8.28. The van der Waals surface area contributed by atoms with Gasteiger partial charge < -0.3 is 44.8 Å². The molecule has 2 aromatic carbocycles. The molecule has 3 heterocycles. The molecule has 2 aromatic rings. The Balaban J connectivity index is 1.33. The smallest absolute Gasteiger partial charge is 0.140 e. The van der Waals surface area contributed by atoms with Gasteiger partial charge in [-0.05, 0) is 73.2 Å². The summed E-state index contributed by atoms with van der Waals surface area (Å²) in [6.45, 7) is -1.01. The lowest BCUT2D eigenvalue weighted by Crippen LogP contribution is -2.65. The van der Waals surface area contributed by atoms with E-state index in [-0.39, 0.29) is 24.7 Å². The quantitative estimate of drug-likeness (QED) is 0.255. The molecular weight excluding hydrogens is 532 g/mol. The topological polar surface area (TPSA) is 152 Å². The highest BCUT2D eigenvalue weighted by molar-refractivity contribution is 5.37. The van der Waals surface area contributed by atoms with Crippen LogP contribution in [0.4, 0.5) is 8.78 Å². The van der Waals surface area contributed by atoms with Crippen molar-refractivity contribution in [3.8, 4) is 11.5 Å². The monoisotopic (exact) mass is 567 g/mol. The summed E-state index contributed by atoms with van der Waals surface area (Å²) >= 11 is 0. The predicted molar refractivity (Wildman–Crippen MR) is 136 cm³/mol. The van der Waals surface area contributed by atoms with Crippen LogP contribution >= 0.6 is 0 Å². The molecule has 40 heavy (non-hydrogen) atoms. The molecule has 0 radical (unpaired) electrons. The summed E-state index contributed by atoms with van der Waals surface area (Å²) in [6.07, 6.45) is -9.41. The van der Waals surface area contributed by atoms with Gasteiger partial charge in [0, 0.05) is 13.1 Å². The molecule has 9 atom stereocenters. The maximum atomic E-state index is 13.6. The van der Waals surface area contributed by atoms with E-state index in [4.69, 9.17) is 14.2 Å². The van der Waals surface area contributed by atoms with E-state index in [1.807, 2.05) is 0 Å². The van der Waals surface area contributed by atoms with Gasteiger partial charge in [0.15, 0.2) is 0 Å². The minimum atomic E-state index is -1.66. The first kappa shape index (κ1) is 29.1. The second-order valence-electron chi connectivity index (χ2n) is 10.7. The SMILES string of the molecule is OC[C@H]1OC(N(C[C@@H](O)[C@@H]2CCc3cc(F)ccc3O2)C[C@@H](O)[C@H]2CCc3cc(F)ccc3O2)[C@H](O)[C@@H](O)[C@@H]1O. The van der Waals surface area contributed by atoms with Gasteiger partial charge >= 0.3 is 0 Å². The Morgan fingerprint density at radius 1 is 0.775 bits per heavy atom. The van der Waals surface area contributed by atoms with Crippen LogP contribution in [0.5, 0.6) is 11.5 Å². The van der Waals surface area contributed by atoms with Crippen molar-refractivity contribution < 1.29 is 53.6 Å². The molecule has 0 amide bonds. The molecule has 5 rings (SSSR count). The number of fused-ring (bicyclic) bond motifs is 2. The fourth-order valence-electron chi connectivity index (χ4n) is 5.68. The fourth-order valence-corrected chi connectivity index (χ4v) is 5.68. The van der Waals surface area contributed by atoms with Crippen LogP contribution < -0.4 is 9.47 Å². The van der Waals surface area contributed by atoms with Crippen molar-refractivity contribution in [2.45, 2.75) is 80.7 Å². The van der Waals surface area contributed by atoms with Gasteiger partial charge in [0.2, 0.25) is 0 Å². The van der Waals surface area contributed by atoms with Gasteiger partial charge in [-0.15, -0.1) is 0 Å². The number of aliphatic hydroxyl groups is 6. The normalized spacial score (nSPS) is 31.5. The van der Waals surface area contributed by atoms with Crippen molar-refractivity contribution in [2.24, 2.45) is 0 Å². The summed E-state index contributed by atoms with van der Waals surface area (Å²) < 4.78 is 44.8.